The number of anilines is 1. The first-order chi connectivity index (χ1) is 17.1. The first-order valence-electron chi connectivity index (χ1n) is 11.0. The van der Waals surface area contributed by atoms with Crippen LogP contribution in [0, 0.1) is 13.8 Å². The second-order valence-corrected chi connectivity index (χ2v) is 10.8. The van der Waals surface area contributed by atoms with Crippen LogP contribution in [0.15, 0.2) is 65.8 Å². The number of carbonyl (C=O) groups is 2. The molecule has 3 aromatic rings. The van der Waals surface area contributed by atoms with E-state index < -0.39 is 28.3 Å². The minimum Gasteiger partial charge on any atom is -0.395 e. The average molecular weight is 528 g/mol. The highest BCUT2D eigenvalue weighted by molar-refractivity contribution is 7.90. The number of hydrazone groups is 1. The maximum absolute atomic E-state index is 12.9. The van der Waals surface area contributed by atoms with Crippen molar-refractivity contribution in [1.82, 2.24) is 5.43 Å². The van der Waals surface area contributed by atoms with Gasteiger partial charge in [-0.25, -0.2) is 13.8 Å². The van der Waals surface area contributed by atoms with Gasteiger partial charge in [0.25, 0.3) is 11.8 Å². The number of hydrogen-bond acceptors (Lipinski definition) is 6. The largest absolute Gasteiger partial charge is 0.395 e. The van der Waals surface area contributed by atoms with E-state index in [0.29, 0.717) is 10.6 Å². The number of aliphatic hydroxyl groups excluding tert-OH is 1. The van der Waals surface area contributed by atoms with Crippen molar-refractivity contribution >= 4 is 45.2 Å². The number of rotatable bonds is 9. The van der Waals surface area contributed by atoms with E-state index in [-0.39, 0.29) is 28.3 Å². The number of halogens is 1. The first-order valence-corrected chi connectivity index (χ1v) is 13.2. The molecule has 3 rings (SSSR count). The predicted molar refractivity (Wildman–Crippen MR) is 141 cm³/mol. The molecule has 3 aromatic carbocycles. The summed E-state index contributed by atoms with van der Waals surface area (Å²) in [5, 5.41) is 15.9. The molecule has 0 fully saturated rings. The minimum absolute atomic E-state index is 0.106. The van der Waals surface area contributed by atoms with Crippen LogP contribution in [0.25, 0.3) is 0 Å². The third-order valence-corrected chi connectivity index (χ3v) is 7.18. The summed E-state index contributed by atoms with van der Waals surface area (Å²) in [5.74, 6) is -1.77. The quantitative estimate of drug-likeness (QED) is 0.288. The van der Waals surface area contributed by atoms with Crippen LogP contribution in [0.5, 0.6) is 0 Å². The topological polar surface area (TPSA) is 125 Å². The van der Waals surface area contributed by atoms with Gasteiger partial charge in [0, 0.05) is 10.6 Å². The number of sulfone groups is 1. The van der Waals surface area contributed by atoms with Crippen molar-refractivity contribution in [2.24, 2.45) is 5.10 Å². The van der Waals surface area contributed by atoms with Crippen LogP contribution in [0.3, 0.4) is 0 Å². The van der Waals surface area contributed by atoms with Gasteiger partial charge in [0.15, 0.2) is 9.84 Å². The number of hydrogen-bond donors (Lipinski definition) is 3. The monoisotopic (exact) mass is 527 g/mol. The molecular weight excluding hydrogens is 502 g/mol. The van der Waals surface area contributed by atoms with Crippen molar-refractivity contribution in [3.05, 3.63) is 99.1 Å². The Morgan fingerprint density at radius 2 is 1.78 bits per heavy atom. The van der Waals surface area contributed by atoms with Crippen molar-refractivity contribution in [1.29, 1.82) is 0 Å². The molecule has 0 unspecified atom stereocenters. The highest BCUT2D eigenvalue weighted by Gasteiger charge is 2.17. The zero-order valence-electron chi connectivity index (χ0n) is 19.8. The molecule has 0 saturated carbocycles. The Morgan fingerprint density at radius 3 is 2.50 bits per heavy atom. The summed E-state index contributed by atoms with van der Waals surface area (Å²) in [6.07, 6.45) is 1.52. The summed E-state index contributed by atoms with van der Waals surface area (Å²) in [5.41, 5.74) is 6.44. The van der Waals surface area contributed by atoms with Gasteiger partial charge in [0.05, 0.1) is 35.6 Å². The van der Waals surface area contributed by atoms with Gasteiger partial charge in [-0.2, -0.15) is 5.10 Å². The fourth-order valence-corrected chi connectivity index (χ4v) is 4.63. The molecule has 36 heavy (non-hydrogen) atoms. The van der Waals surface area contributed by atoms with Gasteiger partial charge in [-0.3, -0.25) is 9.59 Å². The van der Waals surface area contributed by atoms with E-state index in [4.69, 9.17) is 16.7 Å². The Bertz CT molecular complexity index is 1420. The predicted octanol–water partition coefficient (Wildman–Crippen LogP) is 3.88. The molecule has 188 valence electrons. The molecule has 0 aliphatic heterocycles. The van der Waals surface area contributed by atoms with Crippen LogP contribution in [-0.4, -0.2) is 43.9 Å². The van der Waals surface area contributed by atoms with E-state index in [0.717, 1.165) is 16.7 Å². The van der Waals surface area contributed by atoms with Gasteiger partial charge in [-0.05, 0) is 66.4 Å². The molecule has 10 heteroatoms. The van der Waals surface area contributed by atoms with Crippen LogP contribution in [0.1, 0.15) is 43.0 Å². The SMILES string of the molecule is Cc1ccc(C=NNC(=O)c2cc(Cl)ccc2NC(=O)c2cccc(CS(=O)(=O)CCO)c2)cc1C. The second-order valence-electron chi connectivity index (χ2n) is 8.20. The van der Waals surface area contributed by atoms with Gasteiger partial charge in [-0.15, -0.1) is 0 Å². The minimum atomic E-state index is -3.51. The van der Waals surface area contributed by atoms with E-state index >= 15 is 0 Å². The Balaban J connectivity index is 1.76. The second kappa shape index (κ2) is 11.9. The molecule has 0 radical (unpaired) electrons. The molecule has 8 nitrogen and oxygen atoms in total. The standard InChI is InChI=1S/C26H26ClN3O5S/c1-17-6-7-19(12-18(17)2)15-28-30-26(33)23-14-22(27)8-9-24(23)29-25(32)21-5-3-4-20(13-21)16-36(34,35)11-10-31/h3-9,12-15,31H,10-11,16H2,1-2H3,(H,29,32)(H,30,33). The average Bonchev–Trinajstić information content (AvgIpc) is 2.82. The highest BCUT2D eigenvalue weighted by Crippen LogP contribution is 2.22. The number of carbonyl (C=O) groups excluding carboxylic acids is 2. The van der Waals surface area contributed by atoms with E-state index in [1.54, 1.807) is 12.1 Å². The molecule has 0 atom stereocenters. The van der Waals surface area contributed by atoms with E-state index in [2.05, 4.69) is 15.8 Å². The lowest BCUT2D eigenvalue weighted by Gasteiger charge is -2.11. The molecule has 2 amide bonds. The van der Waals surface area contributed by atoms with Crippen molar-refractivity contribution < 1.29 is 23.1 Å². The van der Waals surface area contributed by atoms with Crippen LogP contribution < -0.4 is 10.7 Å². The van der Waals surface area contributed by atoms with Crippen LogP contribution in [-0.2, 0) is 15.6 Å². The number of nitrogens with one attached hydrogen (secondary N) is 2. The number of nitrogens with zero attached hydrogens (tertiary/aromatic N) is 1. The smallest absolute Gasteiger partial charge is 0.273 e. The first kappa shape index (κ1) is 27.1. The third-order valence-electron chi connectivity index (χ3n) is 5.36. The summed E-state index contributed by atoms with van der Waals surface area (Å²) >= 11 is 6.08. The molecule has 0 bridgehead atoms. The van der Waals surface area contributed by atoms with Crippen LogP contribution >= 0.6 is 11.6 Å². The van der Waals surface area contributed by atoms with Crippen LogP contribution in [0.4, 0.5) is 5.69 Å². The van der Waals surface area contributed by atoms with E-state index in [9.17, 15) is 18.0 Å². The zero-order valence-corrected chi connectivity index (χ0v) is 21.4. The summed E-state index contributed by atoms with van der Waals surface area (Å²) in [4.78, 5) is 25.7. The highest BCUT2D eigenvalue weighted by atomic mass is 35.5. The Morgan fingerprint density at radius 1 is 1.00 bits per heavy atom. The summed E-state index contributed by atoms with van der Waals surface area (Å²) in [7, 11) is -3.51. The number of benzene rings is 3. The normalized spacial score (nSPS) is 11.4. The lowest BCUT2D eigenvalue weighted by Crippen LogP contribution is -2.21. The van der Waals surface area contributed by atoms with Crippen molar-refractivity contribution in [2.75, 3.05) is 17.7 Å². The summed E-state index contributed by atoms with van der Waals surface area (Å²) in [6.45, 7) is 3.51. The van der Waals surface area contributed by atoms with E-state index in [1.807, 2.05) is 32.0 Å². The maximum Gasteiger partial charge on any atom is 0.273 e. The zero-order chi connectivity index (χ0) is 26.3. The molecule has 0 heterocycles. The summed E-state index contributed by atoms with van der Waals surface area (Å²) < 4.78 is 24.0. The fraction of sp³-hybridized carbons (Fsp3) is 0.192. The molecule has 3 N–H and O–H groups in total. The molecular formula is C26H26ClN3O5S. The van der Waals surface area contributed by atoms with Crippen LogP contribution in [0.2, 0.25) is 5.02 Å². The van der Waals surface area contributed by atoms with Gasteiger partial charge in [-0.1, -0.05) is 41.9 Å². The van der Waals surface area contributed by atoms with Gasteiger partial charge in [0.1, 0.15) is 0 Å². The molecule has 0 aromatic heterocycles. The Labute approximate surface area is 214 Å². The molecule has 0 spiro atoms. The number of aliphatic hydroxyl groups is 1. The van der Waals surface area contributed by atoms with Crippen molar-refractivity contribution in [3.8, 4) is 0 Å². The Hall–Kier alpha value is -3.53. The lowest BCUT2D eigenvalue weighted by atomic mass is 10.1. The molecule has 0 aliphatic rings. The Kier molecular flexibility index (Phi) is 8.98. The lowest BCUT2D eigenvalue weighted by molar-refractivity contribution is 0.0956. The number of amides is 2. The summed E-state index contributed by atoms with van der Waals surface area (Å²) in [6, 6.07) is 16.4. The fourth-order valence-electron chi connectivity index (χ4n) is 3.35. The molecule has 0 saturated heterocycles. The maximum atomic E-state index is 12.9. The molecule has 0 aliphatic carbocycles. The van der Waals surface area contributed by atoms with Crippen molar-refractivity contribution in [2.45, 2.75) is 19.6 Å². The third kappa shape index (κ3) is 7.48. The van der Waals surface area contributed by atoms with Gasteiger partial charge in [0.2, 0.25) is 0 Å². The van der Waals surface area contributed by atoms with Gasteiger partial charge >= 0.3 is 0 Å². The van der Waals surface area contributed by atoms with Crippen molar-refractivity contribution in [3.63, 3.8) is 0 Å². The van der Waals surface area contributed by atoms with E-state index in [1.165, 1.54) is 36.5 Å². The number of aryl methyl sites for hydroxylation is 2. The van der Waals surface area contributed by atoms with Gasteiger partial charge < -0.3 is 10.4 Å².